The molecule has 26 heavy (non-hydrogen) atoms. The predicted molar refractivity (Wildman–Crippen MR) is 104 cm³/mol. The van der Waals surface area contributed by atoms with Crippen LogP contribution in [-0.2, 0) is 19.4 Å². The predicted octanol–water partition coefficient (Wildman–Crippen LogP) is 1.49. The molecule has 1 heterocycles. The number of carbonyl (C=O) groups excluding carboxylic acids is 1. The molecule has 1 amide bonds. The molecule has 2 N–H and O–H groups in total. The van der Waals surface area contributed by atoms with Crippen molar-refractivity contribution in [2.24, 2.45) is 5.41 Å². The van der Waals surface area contributed by atoms with Crippen LogP contribution in [0.5, 0.6) is 5.75 Å². The lowest BCUT2D eigenvalue weighted by molar-refractivity contribution is -0.130. The van der Waals surface area contributed by atoms with E-state index in [2.05, 4.69) is 10.6 Å². The highest BCUT2D eigenvalue weighted by atomic mass is 35.5. The Bertz CT molecular complexity index is 685. The standard InChI is InChI=1S/C17H26N2O5S.ClH/c1-23-13-17(6-8-18-9-7-17)16(20)19-14-4-3-5-15(12-14)24-10-11-25(2,21)22;/h3-5,12,18H,6-11,13H2,1-2H3,(H,19,20);1H. The molecule has 2 rings (SSSR count). The fourth-order valence-corrected chi connectivity index (χ4v) is 3.24. The van der Waals surface area contributed by atoms with E-state index >= 15 is 0 Å². The lowest BCUT2D eigenvalue weighted by atomic mass is 9.78. The second-order valence-corrected chi connectivity index (χ2v) is 8.68. The topological polar surface area (TPSA) is 93.7 Å². The number of halogens is 1. The van der Waals surface area contributed by atoms with E-state index in [1.807, 2.05) is 0 Å². The van der Waals surface area contributed by atoms with Gasteiger partial charge in [-0.2, -0.15) is 0 Å². The van der Waals surface area contributed by atoms with Gasteiger partial charge in [-0.15, -0.1) is 12.4 Å². The molecule has 1 aromatic carbocycles. The van der Waals surface area contributed by atoms with Crippen LogP contribution in [0.2, 0.25) is 0 Å². The Morgan fingerprint density at radius 2 is 2.00 bits per heavy atom. The number of methoxy groups -OCH3 is 1. The fraction of sp³-hybridized carbons (Fsp3) is 0.588. The van der Waals surface area contributed by atoms with Crippen molar-refractivity contribution in [1.82, 2.24) is 5.32 Å². The molecule has 1 saturated heterocycles. The van der Waals surface area contributed by atoms with E-state index in [0.717, 1.165) is 25.9 Å². The van der Waals surface area contributed by atoms with Gasteiger partial charge >= 0.3 is 0 Å². The molecule has 9 heteroatoms. The quantitative estimate of drug-likeness (QED) is 0.679. The molecule has 0 aliphatic carbocycles. The van der Waals surface area contributed by atoms with Crippen LogP contribution in [0.15, 0.2) is 24.3 Å². The highest BCUT2D eigenvalue weighted by molar-refractivity contribution is 7.90. The summed E-state index contributed by atoms with van der Waals surface area (Å²) < 4.78 is 33.0. The van der Waals surface area contributed by atoms with Crippen LogP contribution in [0.3, 0.4) is 0 Å². The van der Waals surface area contributed by atoms with E-state index in [9.17, 15) is 13.2 Å². The monoisotopic (exact) mass is 406 g/mol. The first-order valence-electron chi connectivity index (χ1n) is 8.26. The Morgan fingerprint density at radius 1 is 1.31 bits per heavy atom. The van der Waals surface area contributed by atoms with Crippen LogP contribution in [-0.4, -0.2) is 59.7 Å². The van der Waals surface area contributed by atoms with Crippen LogP contribution in [0.25, 0.3) is 0 Å². The summed E-state index contributed by atoms with van der Waals surface area (Å²) >= 11 is 0. The van der Waals surface area contributed by atoms with Gasteiger partial charge in [0.1, 0.15) is 12.4 Å². The van der Waals surface area contributed by atoms with Crippen molar-refractivity contribution < 1.29 is 22.7 Å². The van der Waals surface area contributed by atoms with Gasteiger partial charge in [0.2, 0.25) is 5.91 Å². The summed E-state index contributed by atoms with van der Waals surface area (Å²) in [5, 5.41) is 6.20. The van der Waals surface area contributed by atoms with Crippen molar-refractivity contribution in [2.45, 2.75) is 12.8 Å². The van der Waals surface area contributed by atoms with Crippen molar-refractivity contribution in [3.8, 4) is 5.75 Å². The first-order valence-corrected chi connectivity index (χ1v) is 10.3. The van der Waals surface area contributed by atoms with Gasteiger partial charge in [-0.1, -0.05) is 6.07 Å². The summed E-state index contributed by atoms with van der Waals surface area (Å²) in [5.41, 5.74) is 0.0866. The van der Waals surface area contributed by atoms with Gasteiger partial charge in [0.05, 0.1) is 17.8 Å². The molecule has 0 aromatic heterocycles. The smallest absolute Gasteiger partial charge is 0.233 e. The van der Waals surface area contributed by atoms with Gasteiger partial charge in [-0.05, 0) is 38.1 Å². The van der Waals surface area contributed by atoms with Crippen LogP contribution in [0, 0.1) is 5.41 Å². The molecule has 0 saturated carbocycles. The lowest BCUT2D eigenvalue weighted by Crippen LogP contribution is -2.47. The normalized spacial score (nSPS) is 16.4. The van der Waals surface area contributed by atoms with E-state index in [-0.39, 0.29) is 30.7 Å². The summed E-state index contributed by atoms with van der Waals surface area (Å²) in [5.74, 6) is 0.407. The highest BCUT2D eigenvalue weighted by Crippen LogP contribution is 2.31. The van der Waals surface area contributed by atoms with E-state index in [4.69, 9.17) is 9.47 Å². The number of sulfone groups is 1. The average molecular weight is 407 g/mol. The van der Waals surface area contributed by atoms with Crippen LogP contribution < -0.4 is 15.4 Å². The molecule has 1 aliphatic rings. The van der Waals surface area contributed by atoms with Crippen molar-refractivity contribution in [1.29, 1.82) is 0 Å². The summed E-state index contributed by atoms with van der Waals surface area (Å²) in [4.78, 5) is 12.8. The maximum absolute atomic E-state index is 12.8. The number of nitrogens with one attached hydrogen (secondary N) is 2. The van der Waals surface area contributed by atoms with E-state index in [1.54, 1.807) is 31.4 Å². The van der Waals surface area contributed by atoms with Gasteiger partial charge < -0.3 is 20.1 Å². The molecular formula is C17H27ClN2O5S. The summed E-state index contributed by atoms with van der Waals surface area (Å²) in [7, 11) is -1.46. The first kappa shape index (κ1) is 22.7. The van der Waals surface area contributed by atoms with Crippen LogP contribution >= 0.6 is 12.4 Å². The average Bonchev–Trinajstić information content (AvgIpc) is 2.55. The van der Waals surface area contributed by atoms with E-state index in [1.165, 1.54) is 6.26 Å². The zero-order valence-electron chi connectivity index (χ0n) is 15.1. The first-order chi connectivity index (χ1) is 11.8. The van der Waals surface area contributed by atoms with Crippen LogP contribution in [0.1, 0.15) is 12.8 Å². The lowest BCUT2D eigenvalue weighted by Gasteiger charge is -2.35. The summed E-state index contributed by atoms with van der Waals surface area (Å²) in [6.45, 7) is 2.03. The summed E-state index contributed by atoms with van der Waals surface area (Å²) in [6.07, 6.45) is 2.61. The number of carbonyl (C=O) groups is 1. The number of amides is 1. The third-order valence-electron chi connectivity index (χ3n) is 4.28. The zero-order chi connectivity index (χ0) is 18.3. The highest BCUT2D eigenvalue weighted by Gasteiger charge is 2.39. The molecule has 7 nitrogen and oxygen atoms in total. The minimum Gasteiger partial charge on any atom is -0.492 e. The maximum atomic E-state index is 12.8. The largest absolute Gasteiger partial charge is 0.492 e. The number of benzene rings is 1. The molecule has 0 unspecified atom stereocenters. The number of rotatable bonds is 8. The molecule has 0 atom stereocenters. The molecule has 0 spiro atoms. The van der Waals surface area contributed by atoms with E-state index < -0.39 is 15.3 Å². The Kier molecular flexibility index (Phi) is 8.82. The maximum Gasteiger partial charge on any atom is 0.233 e. The van der Waals surface area contributed by atoms with Gasteiger partial charge in [0, 0.05) is 25.1 Å². The second kappa shape index (κ2) is 10.1. The number of piperidine rings is 1. The third-order valence-corrected chi connectivity index (χ3v) is 5.19. The molecule has 148 valence electrons. The zero-order valence-corrected chi connectivity index (χ0v) is 16.7. The molecule has 1 fully saturated rings. The summed E-state index contributed by atoms with van der Waals surface area (Å²) in [6, 6.07) is 6.97. The Hall–Kier alpha value is -1.35. The Morgan fingerprint density at radius 3 is 2.62 bits per heavy atom. The fourth-order valence-electron chi connectivity index (χ4n) is 2.86. The van der Waals surface area contributed by atoms with E-state index in [0.29, 0.717) is 18.0 Å². The van der Waals surface area contributed by atoms with Gasteiger partial charge in [0.15, 0.2) is 9.84 Å². The van der Waals surface area contributed by atoms with Crippen molar-refractivity contribution >= 4 is 33.8 Å². The Labute approximate surface area is 161 Å². The van der Waals surface area contributed by atoms with Crippen LogP contribution in [0.4, 0.5) is 5.69 Å². The van der Waals surface area contributed by atoms with Crippen molar-refractivity contribution in [3.05, 3.63) is 24.3 Å². The van der Waals surface area contributed by atoms with Gasteiger partial charge in [0.25, 0.3) is 0 Å². The van der Waals surface area contributed by atoms with Gasteiger partial charge in [-0.3, -0.25) is 4.79 Å². The van der Waals surface area contributed by atoms with Crippen molar-refractivity contribution in [2.75, 3.05) is 50.7 Å². The minimum atomic E-state index is -3.07. The third kappa shape index (κ3) is 6.75. The molecule has 0 radical (unpaired) electrons. The molecule has 1 aromatic rings. The van der Waals surface area contributed by atoms with Gasteiger partial charge in [-0.25, -0.2) is 8.42 Å². The second-order valence-electron chi connectivity index (χ2n) is 6.42. The number of anilines is 1. The number of hydrogen-bond donors (Lipinski definition) is 2. The molecular weight excluding hydrogens is 380 g/mol. The number of hydrogen-bond acceptors (Lipinski definition) is 6. The number of ether oxygens (including phenoxy) is 2. The molecule has 1 aliphatic heterocycles. The minimum absolute atomic E-state index is 0. The Balaban J connectivity index is 0.00000338. The van der Waals surface area contributed by atoms with Crippen molar-refractivity contribution in [3.63, 3.8) is 0 Å². The SMILES string of the molecule is COCC1(C(=O)Nc2cccc(OCCS(C)(=O)=O)c2)CCNCC1.Cl. The molecule has 0 bridgehead atoms.